The monoisotopic (exact) mass is 376 g/mol. The molecular weight excluding hydrogens is 367 g/mol. The second-order valence-corrected chi connectivity index (χ2v) is 6.15. The minimum atomic E-state index is -1.09. The molecule has 106 valence electrons. The number of carboxylic acids is 1. The van der Waals surface area contributed by atoms with Gasteiger partial charge in [-0.15, -0.1) is 0 Å². The molecule has 2 aromatic rings. The lowest BCUT2D eigenvalue weighted by atomic mass is 10.1. The van der Waals surface area contributed by atoms with E-state index in [0.717, 1.165) is 5.69 Å². The molecule has 20 heavy (non-hydrogen) atoms. The predicted molar refractivity (Wildman–Crippen MR) is 82.3 cm³/mol. The largest absolute Gasteiger partial charge is 0.476 e. The Labute approximate surface area is 134 Å². The molecule has 0 fully saturated rings. The van der Waals surface area contributed by atoms with E-state index in [1.807, 2.05) is 13.8 Å². The van der Waals surface area contributed by atoms with Gasteiger partial charge in [-0.2, -0.15) is 5.10 Å². The van der Waals surface area contributed by atoms with Crippen molar-refractivity contribution >= 4 is 45.1 Å². The molecule has 0 bridgehead atoms. The number of aromatic carboxylic acids is 1. The quantitative estimate of drug-likeness (QED) is 0.838. The van der Waals surface area contributed by atoms with Crippen LogP contribution in [0.5, 0.6) is 0 Å². The van der Waals surface area contributed by atoms with Crippen molar-refractivity contribution in [2.45, 2.75) is 19.8 Å². The molecular formula is C13H11BrCl2N2O2. The van der Waals surface area contributed by atoms with Gasteiger partial charge in [0, 0.05) is 5.02 Å². The zero-order valence-corrected chi connectivity index (χ0v) is 13.8. The Morgan fingerprint density at radius 1 is 1.40 bits per heavy atom. The zero-order chi connectivity index (χ0) is 15.0. The third-order valence-electron chi connectivity index (χ3n) is 2.75. The van der Waals surface area contributed by atoms with Gasteiger partial charge in [-0.25, -0.2) is 9.48 Å². The van der Waals surface area contributed by atoms with Crippen LogP contribution >= 0.6 is 39.1 Å². The summed E-state index contributed by atoms with van der Waals surface area (Å²) in [5.74, 6) is -1.03. The molecule has 0 aliphatic rings. The van der Waals surface area contributed by atoms with Gasteiger partial charge in [-0.3, -0.25) is 0 Å². The van der Waals surface area contributed by atoms with Crippen LogP contribution in [0.3, 0.4) is 0 Å². The summed E-state index contributed by atoms with van der Waals surface area (Å²) < 4.78 is 2.00. The highest BCUT2D eigenvalue weighted by molar-refractivity contribution is 9.10. The molecule has 4 nitrogen and oxygen atoms in total. The summed E-state index contributed by atoms with van der Waals surface area (Å²) in [4.78, 5) is 11.2. The number of carbonyl (C=O) groups is 1. The van der Waals surface area contributed by atoms with Crippen LogP contribution in [0.25, 0.3) is 5.69 Å². The molecule has 0 saturated heterocycles. The highest BCUT2D eigenvalue weighted by Crippen LogP contribution is 2.33. The van der Waals surface area contributed by atoms with Crippen molar-refractivity contribution in [2.75, 3.05) is 0 Å². The maximum atomic E-state index is 11.2. The number of hydrogen-bond acceptors (Lipinski definition) is 2. The molecule has 0 aliphatic heterocycles. The van der Waals surface area contributed by atoms with Crippen LogP contribution in [0.15, 0.2) is 22.7 Å². The number of aromatic nitrogens is 2. The summed E-state index contributed by atoms with van der Waals surface area (Å²) in [5, 5.41) is 14.2. The molecule has 2 rings (SSSR count). The molecule has 1 aromatic carbocycles. The minimum Gasteiger partial charge on any atom is -0.476 e. The second-order valence-electron chi connectivity index (χ2n) is 4.52. The second kappa shape index (κ2) is 5.76. The van der Waals surface area contributed by atoms with Crippen molar-refractivity contribution in [2.24, 2.45) is 0 Å². The van der Waals surface area contributed by atoms with Gasteiger partial charge in [0.05, 0.1) is 20.9 Å². The van der Waals surface area contributed by atoms with Crippen molar-refractivity contribution in [1.29, 1.82) is 0 Å². The summed E-state index contributed by atoms with van der Waals surface area (Å²) >= 11 is 15.4. The van der Waals surface area contributed by atoms with Crippen LogP contribution in [-0.2, 0) is 0 Å². The van der Waals surface area contributed by atoms with Gasteiger partial charge in [-0.1, -0.05) is 37.0 Å². The smallest absolute Gasteiger partial charge is 0.357 e. The maximum Gasteiger partial charge on any atom is 0.357 e. The van der Waals surface area contributed by atoms with Crippen molar-refractivity contribution in [3.8, 4) is 5.69 Å². The van der Waals surface area contributed by atoms with Gasteiger partial charge in [0.2, 0.25) is 0 Å². The molecule has 1 N–H and O–H groups in total. The van der Waals surface area contributed by atoms with Crippen LogP contribution < -0.4 is 0 Å². The Morgan fingerprint density at radius 2 is 2.05 bits per heavy atom. The number of rotatable bonds is 3. The molecule has 1 heterocycles. The molecule has 0 atom stereocenters. The average molecular weight is 378 g/mol. The van der Waals surface area contributed by atoms with E-state index in [0.29, 0.717) is 20.2 Å². The number of hydrogen-bond donors (Lipinski definition) is 1. The van der Waals surface area contributed by atoms with Crippen LogP contribution in [0.4, 0.5) is 0 Å². The zero-order valence-electron chi connectivity index (χ0n) is 10.7. The Morgan fingerprint density at radius 3 is 2.55 bits per heavy atom. The van der Waals surface area contributed by atoms with E-state index in [2.05, 4.69) is 21.0 Å². The summed E-state index contributed by atoms with van der Waals surface area (Å²) in [6, 6.07) is 4.99. The van der Waals surface area contributed by atoms with Crippen molar-refractivity contribution in [3.63, 3.8) is 0 Å². The maximum absolute atomic E-state index is 11.2. The summed E-state index contributed by atoms with van der Waals surface area (Å²) in [7, 11) is 0. The number of halogens is 3. The number of carboxylic acid groups (broad SMARTS) is 1. The van der Waals surface area contributed by atoms with E-state index < -0.39 is 5.97 Å². The van der Waals surface area contributed by atoms with E-state index in [-0.39, 0.29) is 11.6 Å². The minimum absolute atomic E-state index is 0.0419. The predicted octanol–water partition coefficient (Wildman–Crippen LogP) is 4.76. The Hall–Kier alpha value is -1.04. The Kier molecular flexibility index (Phi) is 4.42. The average Bonchev–Trinajstić information content (AvgIpc) is 2.66. The molecule has 1 aromatic heterocycles. The van der Waals surface area contributed by atoms with E-state index in [9.17, 15) is 9.90 Å². The lowest BCUT2D eigenvalue weighted by Gasteiger charge is -2.12. The Bertz CT molecular complexity index is 683. The van der Waals surface area contributed by atoms with Gasteiger partial charge in [0.15, 0.2) is 5.69 Å². The van der Waals surface area contributed by atoms with Gasteiger partial charge >= 0.3 is 5.97 Å². The van der Waals surface area contributed by atoms with Crippen LogP contribution in [0.1, 0.15) is 35.9 Å². The standard InChI is InChI=1S/C13H11BrCl2N2O2/c1-6(2)12-10(14)11(13(19)20)17-18(12)9-4-3-7(15)5-8(9)16/h3-6H,1-2H3,(H,19,20). The molecule has 0 aliphatic carbocycles. The summed E-state index contributed by atoms with van der Waals surface area (Å²) in [6.07, 6.45) is 0. The first-order valence-corrected chi connectivity index (χ1v) is 7.35. The fourth-order valence-corrected chi connectivity index (χ4v) is 3.25. The lowest BCUT2D eigenvalue weighted by Crippen LogP contribution is -2.05. The fourth-order valence-electron chi connectivity index (χ4n) is 1.88. The first-order chi connectivity index (χ1) is 9.32. The van der Waals surface area contributed by atoms with Gasteiger partial charge in [-0.05, 0) is 40.0 Å². The van der Waals surface area contributed by atoms with E-state index >= 15 is 0 Å². The van der Waals surface area contributed by atoms with Gasteiger partial charge in [0.1, 0.15) is 0 Å². The highest BCUT2D eigenvalue weighted by Gasteiger charge is 2.24. The topological polar surface area (TPSA) is 55.1 Å². The number of nitrogens with zero attached hydrogens (tertiary/aromatic N) is 2. The Balaban J connectivity index is 2.73. The first kappa shape index (κ1) is 15.4. The SMILES string of the molecule is CC(C)c1c(Br)c(C(=O)O)nn1-c1ccc(Cl)cc1Cl. The molecule has 0 radical (unpaired) electrons. The highest BCUT2D eigenvalue weighted by atomic mass is 79.9. The third kappa shape index (κ3) is 2.71. The first-order valence-electron chi connectivity index (χ1n) is 5.80. The molecule has 0 amide bonds. The third-order valence-corrected chi connectivity index (χ3v) is 4.07. The molecule has 7 heteroatoms. The number of benzene rings is 1. The van der Waals surface area contributed by atoms with Crippen LogP contribution in [0, 0.1) is 0 Å². The van der Waals surface area contributed by atoms with E-state index in [1.54, 1.807) is 18.2 Å². The van der Waals surface area contributed by atoms with Crippen molar-refractivity contribution < 1.29 is 9.90 Å². The van der Waals surface area contributed by atoms with E-state index in [4.69, 9.17) is 23.2 Å². The van der Waals surface area contributed by atoms with Crippen molar-refractivity contribution in [3.05, 3.63) is 44.1 Å². The van der Waals surface area contributed by atoms with Crippen molar-refractivity contribution in [1.82, 2.24) is 9.78 Å². The van der Waals surface area contributed by atoms with Gasteiger partial charge in [0.25, 0.3) is 0 Å². The summed E-state index contributed by atoms with van der Waals surface area (Å²) in [6.45, 7) is 3.90. The summed E-state index contributed by atoms with van der Waals surface area (Å²) in [5.41, 5.74) is 1.29. The van der Waals surface area contributed by atoms with Gasteiger partial charge < -0.3 is 5.11 Å². The molecule has 0 unspecified atom stereocenters. The van der Waals surface area contributed by atoms with Crippen LogP contribution in [0.2, 0.25) is 10.0 Å². The normalized spacial score (nSPS) is 11.1. The van der Waals surface area contributed by atoms with E-state index in [1.165, 1.54) is 4.68 Å². The molecule has 0 spiro atoms. The van der Waals surface area contributed by atoms with Crippen LogP contribution in [-0.4, -0.2) is 20.9 Å². The molecule has 0 saturated carbocycles. The lowest BCUT2D eigenvalue weighted by molar-refractivity contribution is 0.0689. The fraction of sp³-hybridized carbons (Fsp3) is 0.231.